The molecule has 0 saturated carbocycles. The van der Waals surface area contributed by atoms with Gasteiger partial charge in [0.1, 0.15) is 18.1 Å². The highest BCUT2D eigenvalue weighted by Gasteiger charge is 2.15. The smallest absolute Gasteiger partial charge is 0.387 e. The second kappa shape index (κ2) is 9.35. The average molecular weight is 412 g/mol. The number of hydrogen-bond acceptors (Lipinski definition) is 4. The number of anilines is 1. The van der Waals surface area contributed by atoms with Gasteiger partial charge in [-0.15, -0.1) is 0 Å². The highest BCUT2D eigenvalue weighted by atomic mass is 19.3. The summed E-state index contributed by atoms with van der Waals surface area (Å²) in [6, 6.07) is 11.8. The zero-order chi connectivity index (χ0) is 21.7. The second-order valence-electron chi connectivity index (χ2n) is 6.85. The molecule has 0 aliphatic heterocycles. The van der Waals surface area contributed by atoms with E-state index in [9.17, 15) is 13.6 Å². The summed E-state index contributed by atoms with van der Waals surface area (Å²) in [6.45, 7) is 2.78. The standard InChI is InChI=1S/C23H22F2N2O3/c1-14-10-18(11-15(2)21(14)29-13-17-6-5-9-26-12-17)22(28)27-19-7-4-8-20(16(19)3)30-23(24)25/h4-12,23H,13H2,1-3H3,(H,27,28). The molecule has 0 atom stereocenters. The van der Waals surface area contributed by atoms with Gasteiger partial charge >= 0.3 is 6.61 Å². The molecule has 1 aromatic heterocycles. The number of amides is 1. The Morgan fingerprint density at radius 1 is 1.10 bits per heavy atom. The van der Waals surface area contributed by atoms with Gasteiger partial charge in [-0.05, 0) is 62.2 Å². The normalized spacial score (nSPS) is 10.7. The zero-order valence-corrected chi connectivity index (χ0v) is 16.9. The van der Waals surface area contributed by atoms with E-state index in [1.165, 1.54) is 6.07 Å². The maximum absolute atomic E-state index is 12.7. The van der Waals surface area contributed by atoms with Gasteiger partial charge in [0, 0.05) is 34.8 Å². The van der Waals surface area contributed by atoms with Gasteiger partial charge in [0.15, 0.2) is 0 Å². The summed E-state index contributed by atoms with van der Waals surface area (Å²) in [6.07, 6.45) is 3.44. The predicted molar refractivity (Wildman–Crippen MR) is 110 cm³/mol. The molecule has 2 aromatic carbocycles. The zero-order valence-electron chi connectivity index (χ0n) is 16.9. The number of aryl methyl sites for hydroxylation is 2. The fourth-order valence-electron chi connectivity index (χ4n) is 3.12. The SMILES string of the molecule is Cc1cc(C(=O)Nc2cccc(OC(F)F)c2C)cc(C)c1OCc1cccnc1. The van der Waals surface area contributed by atoms with E-state index in [0.717, 1.165) is 16.7 Å². The van der Waals surface area contributed by atoms with Crippen molar-refractivity contribution in [1.82, 2.24) is 4.98 Å². The van der Waals surface area contributed by atoms with Gasteiger partial charge in [-0.1, -0.05) is 12.1 Å². The van der Waals surface area contributed by atoms with Gasteiger partial charge in [0.2, 0.25) is 0 Å². The minimum absolute atomic E-state index is 0.0225. The molecule has 5 nitrogen and oxygen atoms in total. The van der Waals surface area contributed by atoms with Crippen LogP contribution in [0.2, 0.25) is 0 Å². The Balaban J connectivity index is 1.76. The van der Waals surface area contributed by atoms with Crippen LogP contribution in [-0.4, -0.2) is 17.5 Å². The quantitative estimate of drug-likeness (QED) is 0.561. The largest absolute Gasteiger partial charge is 0.488 e. The van der Waals surface area contributed by atoms with Gasteiger partial charge < -0.3 is 14.8 Å². The fraction of sp³-hybridized carbons (Fsp3) is 0.217. The Labute approximate surface area is 173 Å². The predicted octanol–water partition coefficient (Wildman–Crippen LogP) is 5.44. The lowest BCUT2D eigenvalue weighted by molar-refractivity contribution is -0.0502. The maximum atomic E-state index is 12.7. The van der Waals surface area contributed by atoms with Crippen molar-refractivity contribution in [1.29, 1.82) is 0 Å². The van der Waals surface area contributed by atoms with E-state index in [1.54, 1.807) is 43.6 Å². The maximum Gasteiger partial charge on any atom is 0.387 e. The molecule has 0 spiro atoms. The summed E-state index contributed by atoms with van der Waals surface area (Å²) in [5.41, 5.74) is 3.85. The minimum Gasteiger partial charge on any atom is -0.488 e. The van der Waals surface area contributed by atoms with Crippen LogP contribution in [0.1, 0.15) is 32.6 Å². The molecule has 0 aliphatic rings. The first-order valence-electron chi connectivity index (χ1n) is 9.34. The number of aromatic nitrogens is 1. The number of benzene rings is 2. The Kier molecular flexibility index (Phi) is 6.61. The van der Waals surface area contributed by atoms with Crippen LogP contribution < -0.4 is 14.8 Å². The van der Waals surface area contributed by atoms with Crippen molar-refractivity contribution >= 4 is 11.6 Å². The molecule has 0 radical (unpaired) electrons. The third kappa shape index (κ3) is 5.11. The van der Waals surface area contributed by atoms with Crippen LogP contribution in [0.25, 0.3) is 0 Å². The van der Waals surface area contributed by atoms with Crippen LogP contribution in [-0.2, 0) is 6.61 Å². The Morgan fingerprint density at radius 3 is 2.47 bits per heavy atom. The third-order valence-corrected chi connectivity index (χ3v) is 4.58. The van der Waals surface area contributed by atoms with E-state index in [-0.39, 0.29) is 11.7 Å². The van der Waals surface area contributed by atoms with Crippen LogP contribution in [0.4, 0.5) is 14.5 Å². The molecule has 0 bridgehead atoms. The van der Waals surface area contributed by atoms with Crippen LogP contribution in [0.3, 0.4) is 0 Å². The van der Waals surface area contributed by atoms with Crippen molar-refractivity contribution in [3.63, 3.8) is 0 Å². The van der Waals surface area contributed by atoms with Crippen molar-refractivity contribution in [3.05, 3.63) is 82.7 Å². The van der Waals surface area contributed by atoms with Crippen molar-refractivity contribution in [3.8, 4) is 11.5 Å². The summed E-state index contributed by atoms with van der Waals surface area (Å²) in [5, 5.41) is 2.76. The number of carbonyl (C=O) groups is 1. The first-order chi connectivity index (χ1) is 14.3. The molecule has 1 heterocycles. The summed E-state index contributed by atoms with van der Waals surface area (Å²) in [7, 11) is 0. The van der Waals surface area contributed by atoms with Crippen molar-refractivity contribution in [2.75, 3.05) is 5.32 Å². The van der Waals surface area contributed by atoms with E-state index in [0.29, 0.717) is 29.2 Å². The molecular formula is C23H22F2N2O3. The topological polar surface area (TPSA) is 60.5 Å². The minimum atomic E-state index is -2.93. The molecule has 1 amide bonds. The lowest BCUT2D eigenvalue weighted by Crippen LogP contribution is -2.14. The summed E-state index contributed by atoms with van der Waals surface area (Å²) >= 11 is 0. The Morgan fingerprint density at radius 2 is 1.83 bits per heavy atom. The highest BCUT2D eigenvalue weighted by molar-refractivity contribution is 6.05. The fourth-order valence-corrected chi connectivity index (χ4v) is 3.12. The van der Waals surface area contributed by atoms with E-state index in [4.69, 9.17) is 4.74 Å². The molecule has 1 N–H and O–H groups in total. The molecular weight excluding hydrogens is 390 g/mol. The van der Waals surface area contributed by atoms with Crippen LogP contribution >= 0.6 is 0 Å². The van der Waals surface area contributed by atoms with Crippen LogP contribution in [0.5, 0.6) is 11.5 Å². The summed E-state index contributed by atoms with van der Waals surface area (Å²) < 4.78 is 35.5. The Hall–Kier alpha value is -3.48. The molecule has 0 aliphatic carbocycles. The average Bonchev–Trinajstić information content (AvgIpc) is 2.70. The number of rotatable bonds is 7. The number of carbonyl (C=O) groups excluding carboxylic acids is 1. The van der Waals surface area contributed by atoms with Crippen molar-refractivity contribution in [2.24, 2.45) is 0 Å². The number of alkyl halides is 2. The first-order valence-corrected chi connectivity index (χ1v) is 9.34. The molecule has 30 heavy (non-hydrogen) atoms. The van der Waals surface area contributed by atoms with Crippen molar-refractivity contribution < 1.29 is 23.0 Å². The van der Waals surface area contributed by atoms with E-state index < -0.39 is 6.61 Å². The number of halogens is 2. The summed E-state index contributed by atoms with van der Waals surface area (Å²) in [4.78, 5) is 16.8. The third-order valence-electron chi connectivity index (χ3n) is 4.58. The van der Waals surface area contributed by atoms with Gasteiger partial charge in [-0.2, -0.15) is 8.78 Å². The molecule has 3 rings (SSSR count). The van der Waals surface area contributed by atoms with Gasteiger partial charge in [-0.3, -0.25) is 9.78 Å². The monoisotopic (exact) mass is 412 g/mol. The Bertz CT molecular complexity index is 1020. The lowest BCUT2D eigenvalue weighted by Gasteiger charge is -2.15. The molecule has 3 aromatic rings. The number of hydrogen-bond donors (Lipinski definition) is 1. The number of nitrogens with one attached hydrogen (secondary N) is 1. The molecule has 0 fully saturated rings. The van der Waals surface area contributed by atoms with Gasteiger partial charge in [0.05, 0.1) is 0 Å². The van der Waals surface area contributed by atoms with Crippen molar-refractivity contribution in [2.45, 2.75) is 34.0 Å². The highest BCUT2D eigenvalue weighted by Crippen LogP contribution is 2.29. The lowest BCUT2D eigenvalue weighted by atomic mass is 10.0. The van der Waals surface area contributed by atoms with Gasteiger partial charge in [0.25, 0.3) is 5.91 Å². The summed E-state index contributed by atoms with van der Waals surface area (Å²) in [5.74, 6) is 0.380. The van der Waals surface area contributed by atoms with E-state index in [2.05, 4.69) is 15.0 Å². The van der Waals surface area contributed by atoms with Crippen LogP contribution in [0, 0.1) is 20.8 Å². The van der Waals surface area contributed by atoms with E-state index >= 15 is 0 Å². The number of pyridine rings is 1. The number of ether oxygens (including phenoxy) is 2. The number of nitrogens with zero attached hydrogens (tertiary/aromatic N) is 1. The first kappa shape index (κ1) is 21.2. The molecule has 0 saturated heterocycles. The van der Waals surface area contributed by atoms with E-state index in [1.807, 2.05) is 26.0 Å². The second-order valence-corrected chi connectivity index (χ2v) is 6.85. The molecule has 7 heteroatoms. The molecule has 156 valence electrons. The van der Waals surface area contributed by atoms with Crippen LogP contribution in [0.15, 0.2) is 54.9 Å². The van der Waals surface area contributed by atoms with Gasteiger partial charge in [-0.25, -0.2) is 0 Å². The molecule has 0 unspecified atom stereocenters.